The maximum Gasteiger partial charge on any atom is 0.446 e. The van der Waals surface area contributed by atoms with Crippen LogP contribution in [0.2, 0.25) is 0 Å². The molecular formula is C10H9F3S. The fourth-order valence-electron chi connectivity index (χ4n) is 1.01. The molecule has 1 aromatic rings. The van der Waals surface area contributed by atoms with Gasteiger partial charge in [-0.1, -0.05) is 36.4 Å². The Morgan fingerprint density at radius 3 is 2.21 bits per heavy atom. The van der Waals surface area contributed by atoms with Gasteiger partial charge in [-0.3, -0.25) is 0 Å². The van der Waals surface area contributed by atoms with Crippen LogP contribution < -0.4 is 0 Å². The molecule has 0 amide bonds. The second kappa shape index (κ2) is 4.55. The van der Waals surface area contributed by atoms with E-state index in [-0.39, 0.29) is 16.7 Å². The molecule has 0 saturated heterocycles. The Labute approximate surface area is 84.8 Å². The van der Waals surface area contributed by atoms with Crippen LogP contribution in [0.5, 0.6) is 0 Å². The van der Waals surface area contributed by atoms with Crippen LogP contribution in [0, 0.1) is 0 Å². The second-order valence-electron chi connectivity index (χ2n) is 2.57. The minimum atomic E-state index is -4.22. The first-order valence-corrected chi connectivity index (χ1v) is 4.82. The zero-order valence-corrected chi connectivity index (χ0v) is 8.32. The van der Waals surface area contributed by atoms with Crippen molar-refractivity contribution < 1.29 is 13.2 Å². The maximum absolute atomic E-state index is 12.1. The molecule has 0 atom stereocenters. The molecule has 0 fully saturated rings. The third kappa shape index (κ3) is 3.46. The molecule has 0 saturated carbocycles. The lowest BCUT2D eigenvalue weighted by Gasteiger charge is -2.09. The summed E-state index contributed by atoms with van der Waals surface area (Å²) in [5.41, 5.74) is -3.63. The Kier molecular flexibility index (Phi) is 3.63. The van der Waals surface area contributed by atoms with Crippen LogP contribution in [-0.4, -0.2) is 5.51 Å². The van der Waals surface area contributed by atoms with E-state index in [1.54, 1.807) is 37.3 Å². The Morgan fingerprint density at radius 1 is 1.21 bits per heavy atom. The molecule has 76 valence electrons. The lowest BCUT2D eigenvalue weighted by molar-refractivity contribution is -0.0317. The minimum Gasteiger partial charge on any atom is -0.160 e. The summed E-state index contributed by atoms with van der Waals surface area (Å²) in [5, 5.41) is 0. The number of benzene rings is 1. The highest BCUT2D eigenvalue weighted by molar-refractivity contribution is 8.09. The van der Waals surface area contributed by atoms with Crippen molar-refractivity contribution in [3.8, 4) is 0 Å². The molecule has 4 heteroatoms. The van der Waals surface area contributed by atoms with Gasteiger partial charge in [0.25, 0.3) is 0 Å². The summed E-state index contributed by atoms with van der Waals surface area (Å²) in [6.07, 6.45) is 1.47. The number of hydrogen-bond donors (Lipinski definition) is 0. The van der Waals surface area contributed by atoms with Gasteiger partial charge in [-0.2, -0.15) is 13.2 Å². The number of allylic oxidation sites excluding steroid dienone is 1. The maximum atomic E-state index is 12.1. The minimum absolute atomic E-state index is 0.0839. The molecule has 0 aliphatic carbocycles. The largest absolute Gasteiger partial charge is 0.446 e. The predicted octanol–water partition coefficient (Wildman–Crippen LogP) is 4.30. The van der Waals surface area contributed by atoms with Gasteiger partial charge in [0.2, 0.25) is 0 Å². The summed E-state index contributed by atoms with van der Waals surface area (Å²) < 4.78 is 36.3. The molecule has 0 aliphatic heterocycles. The summed E-state index contributed by atoms with van der Waals surface area (Å²) in [6, 6.07) is 8.53. The van der Waals surface area contributed by atoms with Crippen molar-refractivity contribution in [2.45, 2.75) is 12.4 Å². The van der Waals surface area contributed by atoms with Crippen molar-refractivity contribution >= 4 is 16.7 Å². The van der Waals surface area contributed by atoms with Gasteiger partial charge in [-0.15, -0.1) is 0 Å². The third-order valence-electron chi connectivity index (χ3n) is 1.55. The van der Waals surface area contributed by atoms with Gasteiger partial charge in [0.05, 0.1) is 0 Å². The molecule has 14 heavy (non-hydrogen) atoms. The van der Waals surface area contributed by atoms with Gasteiger partial charge in [0.15, 0.2) is 0 Å². The molecule has 0 aliphatic rings. The van der Waals surface area contributed by atoms with Crippen LogP contribution in [0.15, 0.2) is 36.4 Å². The predicted molar refractivity (Wildman–Crippen MR) is 53.7 cm³/mol. The highest BCUT2D eigenvalue weighted by Gasteiger charge is 2.30. The fraction of sp³-hybridized carbons (Fsp3) is 0.200. The van der Waals surface area contributed by atoms with E-state index in [1.165, 1.54) is 6.08 Å². The molecule has 0 bridgehead atoms. The first-order valence-electron chi connectivity index (χ1n) is 4.00. The average Bonchev–Trinajstić information content (AvgIpc) is 2.14. The van der Waals surface area contributed by atoms with Crippen molar-refractivity contribution in [3.05, 3.63) is 42.0 Å². The van der Waals surface area contributed by atoms with Crippen molar-refractivity contribution in [2.24, 2.45) is 0 Å². The van der Waals surface area contributed by atoms with E-state index in [9.17, 15) is 13.2 Å². The summed E-state index contributed by atoms with van der Waals surface area (Å²) >= 11 is -0.0839. The Hall–Kier alpha value is -0.900. The van der Waals surface area contributed by atoms with Gasteiger partial charge in [-0.25, -0.2) is 0 Å². The van der Waals surface area contributed by atoms with Crippen molar-refractivity contribution in [3.63, 3.8) is 0 Å². The lowest BCUT2D eigenvalue weighted by atomic mass is 10.2. The van der Waals surface area contributed by atoms with E-state index >= 15 is 0 Å². The molecule has 0 unspecified atom stereocenters. The molecule has 0 heterocycles. The average molecular weight is 218 g/mol. The van der Waals surface area contributed by atoms with E-state index in [2.05, 4.69) is 0 Å². The van der Waals surface area contributed by atoms with Crippen molar-refractivity contribution in [1.29, 1.82) is 0 Å². The normalized spacial score (nSPS) is 13.0. The van der Waals surface area contributed by atoms with E-state index in [0.29, 0.717) is 5.56 Å². The van der Waals surface area contributed by atoms with Crippen LogP contribution >= 0.6 is 11.8 Å². The molecular weight excluding hydrogens is 209 g/mol. The SMILES string of the molecule is C/C=C(/SC(F)(F)F)c1ccccc1. The highest BCUT2D eigenvalue weighted by atomic mass is 32.2. The third-order valence-corrected chi connectivity index (χ3v) is 2.47. The fourth-order valence-corrected chi connectivity index (χ4v) is 1.63. The lowest BCUT2D eigenvalue weighted by Crippen LogP contribution is -1.99. The van der Waals surface area contributed by atoms with Gasteiger partial charge in [0, 0.05) is 4.91 Å². The van der Waals surface area contributed by atoms with Crippen LogP contribution in [-0.2, 0) is 0 Å². The molecule has 0 N–H and O–H groups in total. The monoisotopic (exact) mass is 218 g/mol. The zero-order chi connectivity index (χ0) is 10.6. The van der Waals surface area contributed by atoms with E-state index < -0.39 is 5.51 Å². The first-order chi connectivity index (χ1) is 6.53. The topological polar surface area (TPSA) is 0 Å². The molecule has 0 nitrogen and oxygen atoms in total. The van der Waals surface area contributed by atoms with Gasteiger partial charge in [-0.05, 0) is 24.2 Å². The standard InChI is InChI=1S/C10H9F3S/c1-2-9(14-10(11,12)13)8-6-4-3-5-7-8/h2-7H,1H3/b9-2+. The van der Waals surface area contributed by atoms with Crippen molar-refractivity contribution in [2.75, 3.05) is 0 Å². The van der Waals surface area contributed by atoms with Gasteiger partial charge < -0.3 is 0 Å². The Morgan fingerprint density at radius 2 is 1.79 bits per heavy atom. The van der Waals surface area contributed by atoms with Gasteiger partial charge in [0.1, 0.15) is 0 Å². The quantitative estimate of drug-likeness (QED) is 0.713. The van der Waals surface area contributed by atoms with Crippen LogP contribution in [0.25, 0.3) is 4.91 Å². The van der Waals surface area contributed by atoms with E-state index in [4.69, 9.17) is 0 Å². The second-order valence-corrected chi connectivity index (χ2v) is 3.67. The first kappa shape index (κ1) is 11.2. The Bertz CT molecular complexity index is 314. The van der Waals surface area contributed by atoms with Gasteiger partial charge >= 0.3 is 5.51 Å². The number of hydrogen-bond acceptors (Lipinski definition) is 1. The summed E-state index contributed by atoms with van der Waals surface area (Å²) in [6.45, 7) is 1.60. The smallest absolute Gasteiger partial charge is 0.160 e. The number of alkyl halides is 3. The molecule has 0 aromatic heterocycles. The molecule has 1 rings (SSSR count). The van der Waals surface area contributed by atoms with E-state index in [1.807, 2.05) is 0 Å². The molecule has 0 radical (unpaired) electrons. The summed E-state index contributed by atoms with van der Waals surface area (Å²) in [4.78, 5) is 0.234. The Balaban J connectivity index is 2.85. The number of thioether (sulfide) groups is 1. The van der Waals surface area contributed by atoms with Crippen LogP contribution in [0.4, 0.5) is 13.2 Å². The number of halogens is 3. The number of rotatable bonds is 2. The van der Waals surface area contributed by atoms with E-state index in [0.717, 1.165) is 0 Å². The van der Waals surface area contributed by atoms with Crippen LogP contribution in [0.3, 0.4) is 0 Å². The summed E-state index contributed by atoms with van der Waals surface area (Å²) in [7, 11) is 0. The summed E-state index contributed by atoms with van der Waals surface area (Å²) in [5.74, 6) is 0. The zero-order valence-electron chi connectivity index (χ0n) is 7.51. The van der Waals surface area contributed by atoms with Crippen molar-refractivity contribution in [1.82, 2.24) is 0 Å². The van der Waals surface area contributed by atoms with Crippen LogP contribution in [0.1, 0.15) is 12.5 Å². The molecule has 0 spiro atoms. The highest BCUT2D eigenvalue weighted by Crippen LogP contribution is 2.40. The molecule has 1 aromatic carbocycles.